The molecule has 0 atom stereocenters. The molecule has 0 aromatic carbocycles. The highest BCUT2D eigenvalue weighted by Gasteiger charge is 2.27. The first-order valence-electron chi connectivity index (χ1n) is 8.49. The van der Waals surface area contributed by atoms with Gasteiger partial charge in [-0.1, -0.05) is 0 Å². The summed E-state index contributed by atoms with van der Waals surface area (Å²) in [6.07, 6.45) is 0.632. The van der Waals surface area contributed by atoms with E-state index in [-0.39, 0.29) is 17.9 Å². The summed E-state index contributed by atoms with van der Waals surface area (Å²) in [6.45, 7) is 8.40. The smallest absolute Gasteiger partial charge is 0.274 e. The zero-order valence-electron chi connectivity index (χ0n) is 15.3. The van der Waals surface area contributed by atoms with E-state index in [4.69, 9.17) is 0 Å². The molecule has 8 heteroatoms. The lowest BCUT2D eigenvalue weighted by Crippen LogP contribution is -2.33. The Balaban J connectivity index is 1.91. The molecule has 1 aliphatic rings. The van der Waals surface area contributed by atoms with Gasteiger partial charge >= 0.3 is 0 Å². The van der Waals surface area contributed by atoms with Crippen molar-refractivity contribution < 1.29 is 9.59 Å². The van der Waals surface area contributed by atoms with Gasteiger partial charge in [0.05, 0.1) is 17.8 Å². The van der Waals surface area contributed by atoms with Crippen LogP contribution in [0.25, 0.3) is 0 Å². The molecule has 3 rings (SSSR count). The van der Waals surface area contributed by atoms with Gasteiger partial charge in [-0.3, -0.25) is 14.3 Å². The molecule has 0 bridgehead atoms. The monoisotopic (exact) mass is 371 g/mol. The number of amides is 2. The molecule has 0 saturated carbocycles. The number of nitriles is 1. The van der Waals surface area contributed by atoms with Gasteiger partial charge in [-0.25, -0.2) is 0 Å². The van der Waals surface area contributed by atoms with Gasteiger partial charge < -0.3 is 10.2 Å². The lowest BCUT2D eigenvalue weighted by Gasteiger charge is -2.25. The van der Waals surface area contributed by atoms with Crippen LogP contribution in [-0.4, -0.2) is 33.0 Å². The van der Waals surface area contributed by atoms with Crippen molar-refractivity contribution in [2.45, 2.75) is 46.7 Å². The minimum absolute atomic E-state index is 0.0180. The summed E-state index contributed by atoms with van der Waals surface area (Å²) in [4.78, 5) is 27.1. The fourth-order valence-electron chi connectivity index (χ4n) is 3.13. The number of aromatic nitrogens is 2. The van der Waals surface area contributed by atoms with E-state index in [9.17, 15) is 14.9 Å². The highest BCUT2D eigenvalue weighted by molar-refractivity contribution is 7.16. The van der Waals surface area contributed by atoms with Crippen molar-refractivity contribution in [1.82, 2.24) is 14.7 Å². The lowest BCUT2D eigenvalue weighted by molar-refractivity contribution is -0.129. The van der Waals surface area contributed by atoms with E-state index in [0.717, 1.165) is 16.1 Å². The number of carbonyl (C=O) groups is 2. The largest absolute Gasteiger partial charge is 0.337 e. The van der Waals surface area contributed by atoms with Gasteiger partial charge in [-0.2, -0.15) is 10.4 Å². The third kappa shape index (κ3) is 3.22. The normalized spacial score (nSPS) is 13.5. The third-order valence-corrected chi connectivity index (χ3v) is 5.55. The second-order valence-electron chi connectivity index (χ2n) is 6.67. The van der Waals surface area contributed by atoms with E-state index < -0.39 is 0 Å². The number of thiophene rings is 1. The Hall–Kier alpha value is -2.66. The Kier molecular flexibility index (Phi) is 4.83. The molecule has 0 aliphatic carbocycles. The maximum atomic E-state index is 12.8. The number of nitrogens with zero attached hydrogens (tertiary/aromatic N) is 4. The molecule has 1 N–H and O–H groups in total. The summed E-state index contributed by atoms with van der Waals surface area (Å²) in [5.74, 6) is -0.262. The molecule has 2 amide bonds. The van der Waals surface area contributed by atoms with Crippen LogP contribution in [0.15, 0.2) is 6.07 Å². The summed E-state index contributed by atoms with van der Waals surface area (Å²) >= 11 is 1.37. The van der Waals surface area contributed by atoms with E-state index in [1.807, 2.05) is 20.8 Å². The van der Waals surface area contributed by atoms with Gasteiger partial charge in [0.25, 0.3) is 5.91 Å². The highest BCUT2D eigenvalue weighted by Crippen LogP contribution is 2.37. The predicted molar refractivity (Wildman–Crippen MR) is 99.1 cm³/mol. The SMILES string of the molecule is CC(=O)N1CCc2c(sc(NC(=O)c3cc(C)nn3C(C)C)c2C#N)C1. The molecule has 136 valence electrons. The summed E-state index contributed by atoms with van der Waals surface area (Å²) in [7, 11) is 0. The van der Waals surface area contributed by atoms with Gasteiger partial charge in [-0.15, -0.1) is 11.3 Å². The molecule has 2 aromatic rings. The number of hydrogen-bond donors (Lipinski definition) is 1. The zero-order valence-corrected chi connectivity index (χ0v) is 16.1. The Morgan fingerprint density at radius 1 is 1.42 bits per heavy atom. The van der Waals surface area contributed by atoms with Crippen LogP contribution in [0.1, 0.15) is 59.0 Å². The predicted octanol–water partition coefficient (Wildman–Crippen LogP) is 2.86. The topological polar surface area (TPSA) is 91.0 Å². The van der Waals surface area contributed by atoms with Gasteiger partial charge in [0, 0.05) is 24.4 Å². The molecule has 7 nitrogen and oxygen atoms in total. The average Bonchev–Trinajstić information content (AvgIpc) is 3.13. The average molecular weight is 371 g/mol. The Morgan fingerprint density at radius 2 is 2.15 bits per heavy atom. The number of hydrogen-bond acceptors (Lipinski definition) is 5. The fourth-order valence-corrected chi connectivity index (χ4v) is 4.33. The van der Waals surface area contributed by atoms with Gasteiger partial charge in [0.15, 0.2) is 0 Å². The number of carbonyl (C=O) groups excluding carboxylic acids is 2. The van der Waals surface area contributed by atoms with Crippen molar-refractivity contribution >= 4 is 28.2 Å². The molecule has 26 heavy (non-hydrogen) atoms. The van der Waals surface area contributed by atoms with E-state index >= 15 is 0 Å². The first-order chi connectivity index (χ1) is 12.3. The van der Waals surface area contributed by atoms with Crippen LogP contribution in [0.4, 0.5) is 5.00 Å². The fraction of sp³-hybridized carbons (Fsp3) is 0.444. The van der Waals surface area contributed by atoms with Gasteiger partial charge in [-0.05, 0) is 38.8 Å². The van der Waals surface area contributed by atoms with Crippen LogP contribution < -0.4 is 5.32 Å². The minimum atomic E-state index is -0.280. The molecule has 0 fully saturated rings. The number of fused-ring (bicyclic) bond motifs is 1. The van der Waals surface area contributed by atoms with Crippen LogP contribution in [0.2, 0.25) is 0 Å². The first kappa shape index (κ1) is 18.1. The standard InChI is InChI=1S/C18H21N5O2S/c1-10(2)23-15(7-11(3)21-23)17(25)20-18-14(8-19)13-5-6-22(12(4)24)9-16(13)26-18/h7,10H,5-6,9H2,1-4H3,(H,20,25). The van der Waals surface area contributed by atoms with E-state index in [1.165, 1.54) is 11.3 Å². The maximum absolute atomic E-state index is 12.8. The Morgan fingerprint density at radius 3 is 2.77 bits per heavy atom. The molecular weight excluding hydrogens is 350 g/mol. The molecular formula is C18H21N5O2S. The summed E-state index contributed by atoms with van der Waals surface area (Å²) in [5.41, 5.74) is 2.69. The molecule has 0 radical (unpaired) electrons. The second kappa shape index (κ2) is 6.92. The summed E-state index contributed by atoms with van der Waals surface area (Å²) in [6, 6.07) is 4.02. The Bertz CT molecular complexity index is 919. The van der Waals surface area contributed by atoms with Crippen molar-refractivity contribution in [2.75, 3.05) is 11.9 Å². The summed E-state index contributed by atoms with van der Waals surface area (Å²) < 4.78 is 1.68. The van der Waals surface area contributed by atoms with Crippen LogP contribution in [0.5, 0.6) is 0 Å². The molecule has 0 saturated heterocycles. The zero-order chi connectivity index (χ0) is 19.0. The van der Waals surface area contributed by atoms with E-state index in [0.29, 0.717) is 35.8 Å². The third-order valence-electron chi connectivity index (χ3n) is 4.42. The molecule has 1 aliphatic heterocycles. The van der Waals surface area contributed by atoms with Gasteiger partial charge in [0.2, 0.25) is 5.91 Å². The number of rotatable bonds is 3. The second-order valence-corrected chi connectivity index (χ2v) is 7.78. The molecule has 2 aromatic heterocycles. The van der Waals surface area contributed by atoms with Crippen LogP contribution in [0.3, 0.4) is 0 Å². The quantitative estimate of drug-likeness (QED) is 0.898. The Labute approximate surface area is 156 Å². The van der Waals surface area contributed by atoms with Crippen molar-refractivity contribution in [2.24, 2.45) is 0 Å². The summed E-state index contributed by atoms with van der Waals surface area (Å²) in [5, 5.41) is 17.4. The molecule has 3 heterocycles. The number of aryl methyl sites for hydroxylation is 1. The van der Waals surface area contributed by atoms with Crippen LogP contribution >= 0.6 is 11.3 Å². The van der Waals surface area contributed by atoms with Crippen molar-refractivity contribution in [3.05, 3.63) is 33.5 Å². The van der Waals surface area contributed by atoms with Gasteiger partial charge in [0.1, 0.15) is 16.8 Å². The highest BCUT2D eigenvalue weighted by atomic mass is 32.1. The minimum Gasteiger partial charge on any atom is -0.337 e. The number of nitrogens with one attached hydrogen (secondary N) is 1. The number of anilines is 1. The molecule has 0 unspecified atom stereocenters. The van der Waals surface area contributed by atoms with E-state index in [1.54, 1.807) is 22.6 Å². The lowest BCUT2D eigenvalue weighted by atomic mass is 10.0. The maximum Gasteiger partial charge on any atom is 0.274 e. The first-order valence-corrected chi connectivity index (χ1v) is 9.31. The van der Waals surface area contributed by atoms with Crippen molar-refractivity contribution in [3.8, 4) is 6.07 Å². The molecule has 0 spiro atoms. The van der Waals surface area contributed by atoms with Crippen LogP contribution in [-0.2, 0) is 17.8 Å². The van der Waals surface area contributed by atoms with Crippen molar-refractivity contribution in [3.63, 3.8) is 0 Å². The van der Waals surface area contributed by atoms with Crippen LogP contribution in [0, 0.1) is 18.3 Å². The van der Waals surface area contributed by atoms with E-state index in [2.05, 4.69) is 16.5 Å². The van der Waals surface area contributed by atoms with Crippen molar-refractivity contribution in [1.29, 1.82) is 5.26 Å².